The summed E-state index contributed by atoms with van der Waals surface area (Å²) >= 11 is 0. The Bertz CT molecular complexity index is 1170. The smallest absolute Gasteiger partial charge is 0.263 e. The minimum absolute atomic E-state index is 0.0471. The molecule has 0 spiro atoms. The Morgan fingerprint density at radius 1 is 1.00 bits per heavy atom. The number of carbonyl (C=O) groups excluding carboxylic acids is 1. The molecule has 32 heavy (non-hydrogen) atoms. The van der Waals surface area contributed by atoms with Crippen LogP contribution in [0.2, 0.25) is 0 Å². The largest absolute Gasteiger partial charge is 0.484 e. The molecular formula is C23H26N4O4S. The highest BCUT2D eigenvalue weighted by Gasteiger charge is 2.16. The summed E-state index contributed by atoms with van der Waals surface area (Å²) in [5, 5.41) is 2.69. The number of amides is 1. The van der Waals surface area contributed by atoms with Crippen molar-refractivity contribution in [3.05, 3.63) is 71.7 Å². The SMILES string of the molecule is Cc1cc(NS(=O)(=O)c2ccc(NC(=O)COc3ccc(C(C)C)cc3)cc2)nc(C)n1. The zero-order chi connectivity index (χ0) is 23.3. The number of ether oxygens (including phenoxy) is 1. The maximum Gasteiger partial charge on any atom is 0.263 e. The normalized spacial score (nSPS) is 11.3. The first-order valence-electron chi connectivity index (χ1n) is 10.1. The molecule has 1 heterocycles. The van der Waals surface area contributed by atoms with Crippen molar-refractivity contribution >= 4 is 27.4 Å². The summed E-state index contributed by atoms with van der Waals surface area (Å²) in [7, 11) is -3.83. The van der Waals surface area contributed by atoms with Gasteiger partial charge in [-0.15, -0.1) is 0 Å². The second-order valence-electron chi connectivity index (χ2n) is 7.63. The third-order valence-corrected chi connectivity index (χ3v) is 5.94. The van der Waals surface area contributed by atoms with Crippen molar-refractivity contribution in [3.63, 3.8) is 0 Å². The second kappa shape index (κ2) is 9.78. The summed E-state index contributed by atoms with van der Waals surface area (Å²) in [6.07, 6.45) is 0. The lowest BCUT2D eigenvalue weighted by atomic mass is 10.0. The number of rotatable bonds is 8. The van der Waals surface area contributed by atoms with Crippen molar-refractivity contribution in [3.8, 4) is 5.75 Å². The molecule has 0 fully saturated rings. The average molecular weight is 455 g/mol. The standard InChI is InChI=1S/C23H26N4O4S/c1-15(2)18-5-9-20(10-6-18)31-14-23(28)26-19-7-11-21(12-8-19)32(29,30)27-22-13-16(3)24-17(4)25-22/h5-13,15H,14H2,1-4H3,(H,26,28)(H,24,25,27). The predicted octanol–water partition coefficient (Wildman–Crippen LogP) is 4.04. The number of aromatic nitrogens is 2. The molecule has 0 atom stereocenters. The Labute approximate surface area is 188 Å². The molecule has 3 aromatic rings. The summed E-state index contributed by atoms with van der Waals surface area (Å²) in [6, 6.07) is 15.0. The van der Waals surface area contributed by atoms with Gasteiger partial charge in [0.1, 0.15) is 17.4 Å². The molecule has 0 aliphatic rings. The van der Waals surface area contributed by atoms with Crippen molar-refractivity contribution in [2.24, 2.45) is 0 Å². The molecule has 0 radical (unpaired) electrons. The van der Waals surface area contributed by atoms with Crippen LogP contribution in [-0.2, 0) is 14.8 Å². The van der Waals surface area contributed by atoms with Crippen LogP contribution in [0.25, 0.3) is 0 Å². The molecule has 0 saturated heterocycles. The molecule has 2 N–H and O–H groups in total. The molecule has 8 nitrogen and oxygen atoms in total. The van der Waals surface area contributed by atoms with Crippen LogP contribution >= 0.6 is 0 Å². The maximum atomic E-state index is 12.6. The number of nitrogens with zero attached hydrogens (tertiary/aromatic N) is 2. The maximum absolute atomic E-state index is 12.6. The molecule has 9 heteroatoms. The van der Waals surface area contributed by atoms with E-state index >= 15 is 0 Å². The van der Waals surface area contributed by atoms with Gasteiger partial charge in [-0.05, 0) is 61.7 Å². The summed E-state index contributed by atoms with van der Waals surface area (Å²) in [5.74, 6) is 1.35. The number of sulfonamides is 1. The topological polar surface area (TPSA) is 110 Å². The van der Waals surface area contributed by atoms with E-state index in [2.05, 4.69) is 33.9 Å². The van der Waals surface area contributed by atoms with Gasteiger partial charge >= 0.3 is 0 Å². The highest BCUT2D eigenvalue weighted by molar-refractivity contribution is 7.92. The van der Waals surface area contributed by atoms with Gasteiger partial charge in [0.2, 0.25) is 0 Å². The predicted molar refractivity (Wildman–Crippen MR) is 123 cm³/mol. The van der Waals surface area contributed by atoms with E-state index in [9.17, 15) is 13.2 Å². The van der Waals surface area contributed by atoms with Crippen LogP contribution in [0.15, 0.2) is 59.5 Å². The molecule has 168 valence electrons. The van der Waals surface area contributed by atoms with E-state index in [0.29, 0.717) is 28.9 Å². The molecule has 2 aromatic carbocycles. The van der Waals surface area contributed by atoms with Gasteiger partial charge in [-0.3, -0.25) is 9.52 Å². The Morgan fingerprint density at radius 2 is 1.66 bits per heavy atom. The van der Waals surface area contributed by atoms with Crippen molar-refractivity contribution in [2.45, 2.75) is 38.5 Å². The molecule has 0 aliphatic heterocycles. The van der Waals surface area contributed by atoms with E-state index in [1.807, 2.05) is 24.3 Å². The zero-order valence-electron chi connectivity index (χ0n) is 18.4. The third kappa shape index (κ3) is 6.27. The Hall–Kier alpha value is -3.46. The van der Waals surface area contributed by atoms with Crippen LogP contribution in [0.1, 0.15) is 36.8 Å². The van der Waals surface area contributed by atoms with E-state index in [-0.39, 0.29) is 23.2 Å². The van der Waals surface area contributed by atoms with Crippen molar-refractivity contribution in [2.75, 3.05) is 16.6 Å². The molecule has 1 aromatic heterocycles. The van der Waals surface area contributed by atoms with Crippen LogP contribution in [-0.4, -0.2) is 30.9 Å². The van der Waals surface area contributed by atoms with Crippen LogP contribution in [0, 0.1) is 13.8 Å². The lowest BCUT2D eigenvalue weighted by molar-refractivity contribution is -0.118. The Balaban J connectivity index is 1.58. The molecule has 3 rings (SSSR count). The minimum atomic E-state index is -3.83. The fourth-order valence-corrected chi connectivity index (χ4v) is 3.97. The summed E-state index contributed by atoms with van der Waals surface area (Å²) in [6.45, 7) is 7.50. The van der Waals surface area contributed by atoms with Crippen molar-refractivity contribution < 1.29 is 17.9 Å². The van der Waals surface area contributed by atoms with Crippen LogP contribution in [0.4, 0.5) is 11.5 Å². The lowest BCUT2D eigenvalue weighted by Crippen LogP contribution is -2.20. The summed E-state index contributed by atoms with van der Waals surface area (Å²) < 4.78 is 33.2. The highest BCUT2D eigenvalue weighted by Crippen LogP contribution is 2.20. The van der Waals surface area contributed by atoms with E-state index in [4.69, 9.17) is 4.74 Å². The van der Waals surface area contributed by atoms with Gasteiger partial charge in [-0.25, -0.2) is 18.4 Å². The van der Waals surface area contributed by atoms with Crippen molar-refractivity contribution in [1.29, 1.82) is 0 Å². The van der Waals surface area contributed by atoms with E-state index in [1.54, 1.807) is 19.9 Å². The number of hydrogen-bond donors (Lipinski definition) is 2. The molecule has 1 amide bonds. The first-order chi connectivity index (χ1) is 15.1. The highest BCUT2D eigenvalue weighted by atomic mass is 32.2. The first kappa shape index (κ1) is 23.2. The fraction of sp³-hybridized carbons (Fsp3) is 0.261. The lowest BCUT2D eigenvalue weighted by Gasteiger charge is -2.11. The summed E-state index contributed by atoms with van der Waals surface area (Å²) in [5.41, 5.74) is 2.31. The molecule has 0 bridgehead atoms. The van der Waals surface area contributed by atoms with Crippen LogP contribution in [0.5, 0.6) is 5.75 Å². The fourth-order valence-electron chi connectivity index (χ4n) is 2.98. The van der Waals surface area contributed by atoms with Crippen LogP contribution < -0.4 is 14.8 Å². The van der Waals surface area contributed by atoms with Gasteiger partial charge in [0.25, 0.3) is 15.9 Å². The van der Waals surface area contributed by atoms with Gasteiger partial charge in [0, 0.05) is 17.4 Å². The second-order valence-corrected chi connectivity index (χ2v) is 9.31. The Morgan fingerprint density at radius 3 is 2.25 bits per heavy atom. The average Bonchev–Trinajstić information content (AvgIpc) is 2.72. The number of carbonyl (C=O) groups is 1. The van der Waals surface area contributed by atoms with E-state index in [1.165, 1.54) is 29.8 Å². The molecule has 0 aliphatic carbocycles. The van der Waals surface area contributed by atoms with Gasteiger partial charge in [0.05, 0.1) is 4.90 Å². The van der Waals surface area contributed by atoms with Gasteiger partial charge in [-0.2, -0.15) is 0 Å². The van der Waals surface area contributed by atoms with Crippen molar-refractivity contribution in [1.82, 2.24) is 9.97 Å². The molecular weight excluding hydrogens is 428 g/mol. The monoisotopic (exact) mass is 454 g/mol. The number of aryl methyl sites for hydroxylation is 2. The number of hydrogen-bond acceptors (Lipinski definition) is 6. The number of benzene rings is 2. The number of nitrogens with one attached hydrogen (secondary N) is 2. The Kier molecular flexibility index (Phi) is 7.09. The third-order valence-electron chi connectivity index (χ3n) is 4.57. The van der Waals surface area contributed by atoms with Gasteiger partial charge < -0.3 is 10.1 Å². The van der Waals surface area contributed by atoms with Crippen LogP contribution in [0.3, 0.4) is 0 Å². The molecule has 0 saturated carbocycles. The van der Waals surface area contributed by atoms with E-state index in [0.717, 1.165) is 0 Å². The minimum Gasteiger partial charge on any atom is -0.484 e. The number of anilines is 2. The first-order valence-corrected chi connectivity index (χ1v) is 11.6. The summed E-state index contributed by atoms with van der Waals surface area (Å²) in [4.78, 5) is 20.4. The van der Waals surface area contributed by atoms with Gasteiger partial charge in [0.15, 0.2) is 6.61 Å². The van der Waals surface area contributed by atoms with Gasteiger partial charge in [-0.1, -0.05) is 26.0 Å². The molecule has 0 unspecified atom stereocenters. The quantitative estimate of drug-likeness (QED) is 0.532. The van der Waals surface area contributed by atoms with E-state index < -0.39 is 10.0 Å². The zero-order valence-corrected chi connectivity index (χ0v) is 19.2.